The lowest BCUT2D eigenvalue weighted by atomic mass is 10.1. The van der Waals surface area contributed by atoms with E-state index in [4.69, 9.17) is 9.47 Å². The number of nitrogens with one attached hydrogen (secondary N) is 2. The topological polar surface area (TPSA) is 111 Å². The van der Waals surface area contributed by atoms with Crippen molar-refractivity contribution in [3.63, 3.8) is 0 Å². The number of carbonyl (C=O) groups excluding carboxylic acids is 1. The van der Waals surface area contributed by atoms with Crippen LogP contribution in [0.1, 0.15) is 30.5 Å². The van der Waals surface area contributed by atoms with Crippen molar-refractivity contribution < 1.29 is 19.4 Å². The summed E-state index contributed by atoms with van der Waals surface area (Å²) >= 11 is 0. The molecule has 0 aliphatic carbocycles. The number of urea groups is 1. The lowest BCUT2D eigenvalue weighted by molar-refractivity contribution is 0.168. The van der Waals surface area contributed by atoms with Gasteiger partial charge in [0, 0.05) is 19.2 Å². The number of rotatable bonds is 7. The van der Waals surface area contributed by atoms with Gasteiger partial charge in [0.2, 0.25) is 0 Å². The third-order valence-corrected chi connectivity index (χ3v) is 3.73. The summed E-state index contributed by atoms with van der Waals surface area (Å²) in [7, 11) is 4.85. The monoisotopic (exact) mass is 349 g/mol. The molecule has 0 unspecified atom stereocenters. The van der Waals surface area contributed by atoms with E-state index in [1.165, 1.54) is 14.2 Å². The zero-order valence-electron chi connectivity index (χ0n) is 14.7. The first kappa shape index (κ1) is 18.5. The molecule has 0 aliphatic rings. The number of aliphatic hydroxyl groups excluding tert-OH is 1. The number of methoxy groups -OCH3 is 2. The Kier molecular flexibility index (Phi) is 6.18. The molecule has 1 aromatic carbocycles. The van der Waals surface area contributed by atoms with E-state index < -0.39 is 12.1 Å². The Hall–Kier alpha value is -2.81. The molecular formula is C16H23N5O4. The molecule has 1 aromatic heterocycles. The Labute approximate surface area is 146 Å². The van der Waals surface area contributed by atoms with E-state index in [0.717, 1.165) is 0 Å². The van der Waals surface area contributed by atoms with Crippen LogP contribution in [0, 0.1) is 0 Å². The maximum absolute atomic E-state index is 12.0. The van der Waals surface area contributed by atoms with Crippen LogP contribution in [0.15, 0.2) is 24.5 Å². The standard InChI is InChI=1S/C16H23N5O4/c1-10(15-20-18-9-21(15)2)19-16(23)17-8-13(22)12-7-11(24-3)5-6-14(12)25-4/h5-7,9-10,13,22H,8H2,1-4H3,(H2,17,19,23)/t10-,13+/m0/s1. The van der Waals surface area contributed by atoms with Crippen molar-refractivity contribution in [2.24, 2.45) is 7.05 Å². The highest BCUT2D eigenvalue weighted by atomic mass is 16.5. The smallest absolute Gasteiger partial charge is 0.315 e. The quantitative estimate of drug-likeness (QED) is 0.686. The number of hydrogen-bond acceptors (Lipinski definition) is 6. The lowest BCUT2D eigenvalue weighted by Crippen LogP contribution is -2.39. The minimum Gasteiger partial charge on any atom is -0.497 e. The number of amides is 2. The summed E-state index contributed by atoms with van der Waals surface area (Å²) in [5, 5.41) is 23.4. The third-order valence-electron chi connectivity index (χ3n) is 3.73. The van der Waals surface area contributed by atoms with Gasteiger partial charge in [-0.2, -0.15) is 0 Å². The summed E-state index contributed by atoms with van der Waals surface area (Å²) in [6, 6.07) is 4.36. The number of aliphatic hydroxyl groups is 1. The Bertz CT molecular complexity index is 718. The van der Waals surface area contributed by atoms with Crippen molar-refractivity contribution in [2.75, 3.05) is 20.8 Å². The normalized spacial score (nSPS) is 13.0. The number of ether oxygens (including phenoxy) is 2. The fourth-order valence-electron chi connectivity index (χ4n) is 2.40. The summed E-state index contributed by atoms with van der Waals surface area (Å²) in [4.78, 5) is 12.0. The first-order chi connectivity index (χ1) is 12.0. The summed E-state index contributed by atoms with van der Waals surface area (Å²) in [6.07, 6.45) is 0.616. The van der Waals surface area contributed by atoms with Gasteiger partial charge in [-0.1, -0.05) is 0 Å². The molecule has 2 aromatic rings. The van der Waals surface area contributed by atoms with Gasteiger partial charge in [-0.15, -0.1) is 10.2 Å². The summed E-state index contributed by atoms with van der Waals surface area (Å²) < 4.78 is 12.1. The number of aryl methyl sites for hydroxylation is 1. The van der Waals surface area contributed by atoms with Crippen LogP contribution in [0.25, 0.3) is 0 Å². The highest BCUT2D eigenvalue weighted by Crippen LogP contribution is 2.29. The van der Waals surface area contributed by atoms with Crippen LogP contribution in [0.5, 0.6) is 11.5 Å². The van der Waals surface area contributed by atoms with E-state index in [1.54, 1.807) is 43.1 Å². The largest absolute Gasteiger partial charge is 0.497 e. The minimum atomic E-state index is -0.944. The highest BCUT2D eigenvalue weighted by Gasteiger charge is 2.18. The van der Waals surface area contributed by atoms with Gasteiger partial charge in [-0.3, -0.25) is 0 Å². The minimum absolute atomic E-state index is 0.0148. The van der Waals surface area contributed by atoms with Gasteiger partial charge in [0.15, 0.2) is 5.82 Å². The van der Waals surface area contributed by atoms with Gasteiger partial charge < -0.3 is 29.8 Å². The van der Waals surface area contributed by atoms with Gasteiger partial charge >= 0.3 is 6.03 Å². The van der Waals surface area contributed by atoms with E-state index >= 15 is 0 Å². The number of hydrogen-bond donors (Lipinski definition) is 3. The number of carbonyl (C=O) groups is 1. The molecule has 2 rings (SSSR count). The molecule has 0 saturated heterocycles. The molecule has 0 aliphatic heterocycles. The Morgan fingerprint density at radius 1 is 1.36 bits per heavy atom. The van der Waals surface area contributed by atoms with Crippen LogP contribution in [0.2, 0.25) is 0 Å². The fourth-order valence-corrected chi connectivity index (χ4v) is 2.40. The first-order valence-corrected chi connectivity index (χ1v) is 7.74. The van der Waals surface area contributed by atoms with E-state index in [0.29, 0.717) is 22.9 Å². The predicted octanol–water partition coefficient (Wildman–Crippen LogP) is 0.926. The van der Waals surface area contributed by atoms with Crippen LogP contribution in [-0.4, -0.2) is 46.7 Å². The van der Waals surface area contributed by atoms with Crippen LogP contribution < -0.4 is 20.1 Å². The van der Waals surface area contributed by atoms with Gasteiger partial charge in [0.25, 0.3) is 0 Å². The molecular weight excluding hydrogens is 326 g/mol. The molecule has 0 radical (unpaired) electrons. The van der Waals surface area contributed by atoms with Crippen molar-refractivity contribution >= 4 is 6.03 Å². The fraction of sp³-hybridized carbons (Fsp3) is 0.438. The number of nitrogens with zero attached hydrogens (tertiary/aromatic N) is 3. The van der Waals surface area contributed by atoms with Crippen molar-refractivity contribution in [3.05, 3.63) is 35.9 Å². The van der Waals surface area contributed by atoms with Crippen molar-refractivity contribution in [1.82, 2.24) is 25.4 Å². The predicted molar refractivity (Wildman–Crippen MR) is 90.5 cm³/mol. The first-order valence-electron chi connectivity index (χ1n) is 7.74. The number of benzene rings is 1. The molecule has 0 fully saturated rings. The molecule has 9 heteroatoms. The van der Waals surface area contributed by atoms with E-state index in [2.05, 4.69) is 20.8 Å². The molecule has 136 valence electrons. The van der Waals surface area contributed by atoms with Gasteiger partial charge in [-0.25, -0.2) is 4.79 Å². The highest BCUT2D eigenvalue weighted by molar-refractivity contribution is 5.74. The van der Waals surface area contributed by atoms with Gasteiger partial charge in [0.05, 0.1) is 20.3 Å². The Balaban J connectivity index is 1.94. The second-order valence-electron chi connectivity index (χ2n) is 5.50. The average molecular weight is 349 g/mol. The third kappa shape index (κ3) is 4.60. The van der Waals surface area contributed by atoms with E-state index in [-0.39, 0.29) is 12.6 Å². The van der Waals surface area contributed by atoms with Gasteiger partial charge in [0.1, 0.15) is 23.9 Å². The molecule has 0 bridgehead atoms. The SMILES string of the molecule is COc1ccc(OC)c([C@H](O)CNC(=O)N[C@@H](C)c2nncn2C)c1. The second-order valence-corrected chi connectivity index (χ2v) is 5.50. The summed E-state index contributed by atoms with van der Waals surface area (Å²) in [6.45, 7) is 1.81. The van der Waals surface area contributed by atoms with Crippen LogP contribution in [0.4, 0.5) is 4.79 Å². The molecule has 25 heavy (non-hydrogen) atoms. The lowest BCUT2D eigenvalue weighted by Gasteiger charge is -2.18. The van der Waals surface area contributed by atoms with Crippen LogP contribution in [0.3, 0.4) is 0 Å². The molecule has 2 atom stereocenters. The Morgan fingerprint density at radius 3 is 2.72 bits per heavy atom. The summed E-state index contributed by atoms with van der Waals surface area (Å²) in [5.74, 6) is 1.74. The molecule has 0 saturated carbocycles. The number of aromatic nitrogens is 3. The second kappa shape index (κ2) is 8.34. The molecule has 9 nitrogen and oxygen atoms in total. The van der Waals surface area contributed by atoms with E-state index in [1.807, 2.05) is 0 Å². The zero-order chi connectivity index (χ0) is 18.4. The van der Waals surface area contributed by atoms with Crippen LogP contribution in [-0.2, 0) is 7.05 Å². The average Bonchev–Trinajstić information content (AvgIpc) is 3.05. The Morgan fingerprint density at radius 2 is 2.12 bits per heavy atom. The molecule has 3 N–H and O–H groups in total. The van der Waals surface area contributed by atoms with Crippen molar-refractivity contribution in [1.29, 1.82) is 0 Å². The van der Waals surface area contributed by atoms with Crippen molar-refractivity contribution in [2.45, 2.75) is 19.1 Å². The van der Waals surface area contributed by atoms with Crippen LogP contribution >= 0.6 is 0 Å². The molecule has 2 amide bonds. The zero-order valence-corrected chi connectivity index (χ0v) is 14.7. The van der Waals surface area contributed by atoms with E-state index in [9.17, 15) is 9.90 Å². The molecule has 1 heterocycles. The van der Waals surface area contributed by atoms with Gasteiger partial charge in [-0.05, 0) is 25.1 Å². The summed E-state index contributed by atoms with van der Waals surface area (Å²) in [5.41, 5.74) is 0.531. The molecule has 0 spiro atoms. The maximum atomic E-state index is 12.0. The van der Waals surface area contributed by atoms with Crippen molar-refractivity contribution in [3.8, 4) is 11.5 Å². The maximum Gasteiger partial charge on any atom is 0.315 e.